The highest BCUT2D eigenvalue weighted by Crippen LogP contribution is 2.21. The summed E-state index contributed by atoms with van der Waals surface area (Å²) in [5, 5.41) is 0. The Bertz CT molecular complexity index is 85.0. The van der Waals surface area contributed by atoms with Gasteiger partial charge in [-0.2, -0.15) is 0 Å². The summed E-state index contributed by atoms with van der Waals surface area (Å²) in [6, 6.07) is 0. The van der Waals surface area contributed by atoms with Gasteiger partial charge in [-0.15, -0.1) is 0 Å². The molecule has 0 aromatic rings. The zero-order chi connectivity index (χ0) is 7.82. The van der Waals surface area contributed by atoms with Gasteiger partial charge in [0.2, 0.25) is 0 Å². The van der Waals surface area contributed by atoms with E-state index in [1.54, 1.807) is 21.6 Å². The Balaban J connectivity index is 3.09. The van der Waals surface area contributed by atoms with Crippen molar-refractivity contribution in [2.75, 3.05) is 11.5 Å². The van der Waals surface area contributed by atoms with Gasteiger partial charge in [0, 0.05) is 11.5 Å². The van der Waals surface area contributed by atoms with Gasteiger partial charge in [-0.3, -0.25) is 0 Å². The first-order chi connectivity index (χ1) is 4.81. The Labute approximate surface area is 73.0 Å². The molecule has 0 spiro atoms. The largest absolute Gasteiger partial charge is 0.236 e. The van der Waals surface area contributed by atoms with Crippen LogP contribution in [0.2, 0.25) is 0 Å². The molecule has 10 heavy (non-hydrogen) atoms. The molecular formula is C6H14OS3. The van der Waals surface area contributed by atoms with Crippen molar-refractivity contribution in [3.8, 4) is 0 Å². The second-order valence-corrected chi connectivity index (χ2v) is 7.41. The molecule has 0 fully saturated rings. The van der Waals surface area contributed by atoms with Crippen LogP contribution < -0.4 is 0 Å². The monoisotopic (exact) mass is 198 g/mol. The average Bonchev–Trinajstić information content (AvgIpc) is 1.97. The molecule has 4 heteroatoms. The minimum atomic E-state index is -0.686. The van der Waals surface area contributed by atoms with Crippen molar-refractivity contribution in [1.29, 1.82) is 0 Å². The maximum Gasteiger partial charge on any atom is 0.141 e. The van der Waals surface area contributed by atoms with Crippen LogP contribution in [0.1, 0.15) is 26.7 Å². The molecule has 0 aliphatic heterocycles. The van der Waals surface area contributed by atoms with Crippen molar-refractivity contribution in [2.24, 2.45) is 0 Å². The lowest BCUT2D eigenvalue weighted by Gasteiger charge is -1.96. The molecule has 0 atom stereocenters. The van der Waals surface area contributed by atoms with Crippen LogP contribution in [0.15, 0.2) is 0 Å². The quantitative estimate of drug-likeness (QED) is 0.611. The number of rotatable bonds is 6. The molecule has 0 unspecified atom stereocenters. The molecule has 0 aliphatic rings. The van der Waals surface area contributed by atoms with Crippen LogP contribution in [0, 0.1) is 0 Å². The molecule has 0 aromatic heterocycles. The third-order valence-electron chi connectivity index (χ3n) is 0.767. The first kappa shape index (κ1) is 10.8. The second-order valence-electron chi connectivity index (χ2n) is 1.85. The van der Waals surface area contributed by atoms with E-state index in [9.17, 15) is 4.21 Å². The standard InChI is InChI=1S/C6H14OS3/c1-3-5-8-10(7)9-6-4-2/h3-6H2,1-2H3. The topological polar surface area (TPSA) is 17.1 Å². The summed E-state index contributed by atoms with van der Waals surface area (Å²) in [5.41, 5.74) is 0. The van der Waals surface area contributed by atoms with E-state index in [0.717, 1.165) is 24.3 Å². The fourth-order valence-electron chi connectivity index (χ4n) is 0.337. The minimum Gasteiger partial charge on any atom is -0.236 e. The van der Waals surface area contributed by atoms with Crippen molar-refractivity contribution < 1.29 is 4.21 Å². The zero-order valence-corrected chi connectivity index (χ0v) is 8.91. The highest BCUT2D eigenvalue weighted by molar-refractivity contribution is 9.02. The molecule has 0 aliphatic carbocycles. The third kappa shape index (κ3) is 6.96. The molecule has 0 rings (SSSR count). The third-order valence-corrected chi connectivity index (χ3v) is 6.19. The molecule has 0 radical (unpaired) electrons. The summed E-state index contributed by atoms with van der Waals surface area (Å²) in [7, 11) is 2.42. The predicted molar refractivity (Wildman–Crippen MR) is 53.6 cm³/mol. The van der Waals surface area contributed by atoms with E-state index in [2.05, 4.69) is 13.8 Å². The summed E-state index contributed by atoms with van der Waals surface area (Å²) < 4.78 is 11.0. The van der Waals surface area contributed by atoms with Crippen molar-refractivity contribution in [3.05, 3.63) is 0 Å². The van der Waals surface area contributed by atoms with Gasteiger partial charge in [-0.25, -0.2) is 4.21 Å². The molecule has 0 bridgehead atoms. The number of hydrogen-bond donors (Lipinski definition) is 0. The summed E-state index contributed by atoms with van der Waals surface area (Å²) in [6.07, 6.45) is 2.23. The SMILES string of the molecule is CCCSS(=O)SCCC. The van der Waals surface area contributed by atoms with E-state index in [4.69, 9.17) is 0 Å². The maximum absolute atomic E-state index is 11.0. The van der Waals surface area contributed by atoms with Crippen LogP contribution in [0.25, 0.3) is 0 Å². The van der Waals surface area contributed by atoms with Gasteiger partial charge in [0.25, 0.3) is 0 Å². The van der Waals surface area contributed by atoms with E-state index in [0.29, 0.717) is 0 Å². The van der Waals surface area contributed by atoms with Gasteiger partial charge < -0.3 is 0 Å². The highest BCUT2D eigenvalue weighted by atomic mass is 33.5. The average molecular weight is 198 g/mol. The van der Waals surface area contributed by atoms with Crippen LogP contribution in [-0.4, -0.2) is 15.7 Å². The van der Waals surface area contributed by atoms with E-state index < -0.39 is 8.86 Å². The summed E-state index contributed by atoms with van der Waals surface area (Å²) >= 11 is 0. The van der Waals surface area contributed by atoms with Gasteiger partial charge in [-0.1, -0.05) is 35.4 Å². The lowest BCUT2D eigenvalue weighted by molar-refractivity contribution is 0.699. The number of hydrogen-bond acceptors (Lipinski definition) is 3. The first-order valence-corrected chi connectivity index (χ1v) is 7.65. The molecule has 0 saturated heterocycles. The molecule has 0 N–H and O–H groups in total. The smallest absolute Gasteiger partial charge is 0.141 e. The molecule has 0 aromatic carbocycles. The Morgan fingerprint density at radius 3 is 1.80 bits per heavy atom. The van der Waals surface area contributed by atoms with Crippen LogP contribution >= 0.6 is 21.6 Å². The normalized spacial score (nSPS) is 10.7. The van der Waals surface area contributed by atoms with Crippen molar-refractivity contribution in [2.45, 2.75) is 26.7 Å². The summed E-state index contributed by atoms with van der Waals surface area (Å²) in [6.45, 7) is 4.21. The lowest BCUT2D eigenvalue weighted by atomic mass is 10.6. The van der Waals surface area contributed by atoms with Gasteiger partial charge >= 0.3 is 0 Å². The van der Waals surface area contributed by atoms with Crippen LogP contribution in [0.4, 0.5) is 0 Å². The molecule has 0 heterocycles. The maximum atomic E-state index is 11.0. The predicted octanol–water partition coefficient (Wildman–Crippen LogP) is 2.85. The van der Waals surface area contributed by atoms with Crippen molar-refractivity contribution >= 4 is 30.5 Å². The van der Waals surface area contributed by atoms with E-state index in [1.807, 2.05) is 0 Å². The fourth-order valence-corrected chi connectivity index (χ4v) is 4.87. The molecular weight excluding hydrogens is 184 g/mol. The Morgan fingerprint density at radius 2 is 1.50 bits per heavy atom. The highest BCUT2D eigenvalue weighted by Gasteiger charge is 1.97. The van der Waals surface area contributed by atoms with Gasteiger partial charge in [-0.05, 0) is 12.8 Å². The van der Waals surface area contributed by atoms with E-state index in [-0.39, 0.29) is 0 Å². The lowest BCUT2D eigenvalue weighted by Crippen LogP contribution is -1.81. The zero-order valence-electron chi connectivity index (χ0n) is 6.46. The van der Waals surface area contributed by atoms with Gasteiger partial charge in [0.1, 0.15) is 8.86 Å². The Kier molecular flexibility index (Phi) is 8.63. The summed E-state index contributed by atoms with van der Waals surface area (Å²) in [5.74, 6) is 2.03. The van der Waals surface area contributed by atoms with E-state index in [1.165, 1.54) is 0 Å². The van der Waals surface area contributed by atoms with Crippen molar-refractivity contribution in [3.63, 3.8) is 0 Å². The Morgan fingerprint density at radius 1 is 1.10 bits per heavy atom. The second kappa shape index (κ2) is 7.95. The van der Waals surface area contributed by atoms with Gasteiger partial charge in [0.15, 0.2) is 0 Å². The molecule has 0 saturated carbocycles. The minimum absolute atomic E-state index is 0.686. The fraction of sp³-hybridized carbons (Fsp3) is 1.00. The van der Waals surface area contributed by atoms with Crippen LogP contribution in [-0.2, 0) is 8.86 Å². The molecule has 62 valence electrons. The first-order valence-electron chi connectivity index (χ1n) is 3.49. The molecule has 0 amide bonds. The summed E-state index contributed by atoms with van der Waals surface area (Å²) in [4.78, 5) is 0. The van der Waals surface area contributed by atoms with Crippen molar-refractivity contribution in [1.82, 2.24) is 0 Å². The molecule has 1 nitrogen and oxygen atoms in total. The van der Waals surface area contributed by atoms with Crippen LogP contribution in [0.5, 0.6) is 0 Å². The Hall–Kier alpha value is 0.850. The van der Waals surface area contributed by atoms with Gasteiger partial charge in [0.05, 0.1) is 0 Å². The van der Waals surface area contributed by atoms with Crippen LogP contribution in [0.3, 0.4) is 0 Å². The van der Waals surface area contributed by atoms with E-state index >= 15 is 0 Å².